The van der Waals surface area contributed by atoms with E-state index in [0.29, 0.717) is 12.2 Å². The largest absolute Gasteiger partial charge is 0.417 e. The van der Waals surface area contributed by atoms with Crippen LogP contribution in [-0.2, 0) is 6.18 Å². The molecule has 1 aromatic carbocycles. The van der Waals surface area contributed by atoms with Crippen molar-refractivity contribution in [3.63, 3.8) is 0 Å². The summed E-state index contributed by atoms with van der Waals surface area (Å²) in [7, 11) is 1.90. The maximum Gasteiger partial charge on any atom is 0.417 e. The molecular weight excluding hydrogens is 349 g/mol. The molecule has 0 amide bonds. The molecule has 0 aliphatic carbocycles. The van der Waals surface area contributed by atoms with Gasteiger partial charge in [0, 0.05) is 28.7 Å². The zero-order valence-electron chi connectivity index (χ0n) is 14.0. The minimum absolute atomic E-state index is 0.0301. The van der Waals surface area contributed by atoms with Crippen molar-refractivity contribution in [3.05, 3.63) is 46.4 Å². The Morgan fingerprint density at radius 1 is 1.32 bits per heavy atom. The molecule has 0 saturated carbocycles. The minimum Gasteiger partial charge on any atom is -0.367 e. The normalized spacial score (nSPS) is 12.2. The monoisotopic (exact) mass is 365 g/mol. The molecule has 1 aromatic heterocycles. The minimum atomic E-state index is -4.49. The number of anilines is 1. The zero-order chi connectivity index (χ0) is 18.6. The molecule has 130 valence electrons. The van der Waals surface area contributed by atoms with E-state index in [2.05, 4.69) is 27.1 Å². The average molecular weight is 366 g/mol. The summed E-state index contributed by atoms with van der Waals surface area (Å²) in [5.74, 6) is 6.08. The predicted octanol–water partition coefficient (Wildman–Crippen LogP) is 2.96. The van der Waals surface area contributed by atoms with Crippen molar-refractivity contribution < 1.29 is 13.2 Å². The lowest BCUT2D eigenvalue weighted by Gasteiger charge is -2.14. The first kappa shape index (κ1) is 19.1. The molecule has 25 heavy (non-hydrogen) atoms. The summed E-state index contributed by atoms with van der Waals surface area (Å²) in [6.07, 6.45) is -2.66. The van der Waals surface area contributed by atoms with Crippen molar-refractivity contribution >= 4 is 30.7 Å². The van der Waals surface area contributed by atoms with Crippen molar-refractivity contribution in [1.82, 2.24) is 9.97 Å². The van der Waals surface area contributed by atoms with Gasteiger partial charge in [0.1, 0.15) is 20.0 Å². The van der Waals surface area contributed by atoms with Gasteiger partial charge in [-0.15, -0.1) is 0 Å². The second-order valence-corrected chi connectivity index (χ2v) is 6.11. The van der Waals surface area contributed by atoms with Crippen LogP contribution in [0.2, 0.25) is 5.02 Å². The van der Waals surface area contributed by atoms with Gasteiger partial charge in [0.15, 0.2) is 0 Å². The molecule has 0 fully saturated rings. The average Bonchev–Trinajstić information content (AvgIpc) is 2.52. The molecule has 0 aliphatic rings. The predicted molar refractivity (Wildman–Crippen MR) is 96.0 cm³/mol. The topological polar surface area (TPSA) is 37.8 Å². The molecule has 0 spiro atoms. The maximum absolute atomic E-state index is 13.0. The van der Waals surface area contributed by atoms with Gasteiger partial charge in [-0.05, 0) is 37.5 Å². The lowest BCUT2D eigenvalue weighted by Crippen LogP contribution is -2.24. The fourth-order valence-corrected chi connectivity index (χ4v) is 2.30. The zero-order valence-corrected chi connectivity index (χ0v) is 14.8. The first-order chi connectivity index (χ1) is 11.7. The van der Waals surface area contributed by atoms with E-state index in [4.69, 9.17) is 11.6 Å². The van der Waals surface area contributed by atoms with Gasteiger partial charge < -0.3 is 5.32 Å². The molecule has 0 aliphatic heterocycles. The number of hydrogen-bond donors (Lipinski definition) is 1. The van der Waals surface area contributed by atoms with E-state index in [9.17, 15) is 13.2 Å². The number of nitrogens with one attached hydrogen (secondary N) is 1. The Bertz CT molecular complexity index is 828. The van der Waals surface area contributed by atoms with Crippen molar-refractivity contribution in [3.8, 4) is 11.8 Å². The molecule has 1 N–H and O–H groups in total. The number of nitrogens with zero attached hydrogens (tertiary/aromatic N) is 2. The molecule has 1 atom stereocenters. The molecule has 1 unspecified atom stereocenters. The highest BCUT2D eigenvalue weighted by molar-refractivity contribution is 6.36. The second-order valence-electron chi connectivity index (χ2n) is 5.67. The molecule has 0 radical (unpaired) electrons. The Labute approximate surface area is 150 Å². The van der Waals surface area contributed by atoms with Gasteiger partial charge in [0.25, 0.3) is 0 Å². The summed E-state index contributed by atoms with van der Waals surface area (Å²) in [5.41, 5.74) is 0.889. The van der Waals surface area contributed by atoms with Crippen LogP contribution < -0.4 is 10.8 Å². The number of halogens is 4. The van der Waals surface area contributed by atoms with Crippen LogP contribution in [0.15, 0.2) is 24.5 Å². The Morgan fingerprint density at radius 2 is 2.04 bits per heavy atom. The summed E-state index contributed by atoms with van der Waals surface area (Å²) >= 11 is 5.65. The van der Waals surface area contributed by atoms with Gasteiger partial charge in [-0.2, -0.15) is 13.2 Å². The molecule has 2 aromatic rings. The van der Waals surface area contributed by atoms with E-state index < -0.39 is 11.7 Å². The van der Waals surface area contributed by atoms with E-state index in [1.807, 2.05) is 21.7 Å². The summed E-state index contributed by atoms with van der Waals surface area (Å²) in [6.45, 7) is 3.77. The highest BCUT2D eigenvalue weighted by atomic mass is 35.5. The Morgan fingerprint density at radius 3 is 2.72 bits per heavy atom. The van der Waals surface area contributed by atoms with Crippen LogP contribution in [0.25, 0.3) is 0 Å². The van der Waals surface area contributed by atoms with E-state index in [1.54, 1.807) is 0 Å². The number of aromatic nitrogens is 2. The van der Waals surface area contributed by atoms with Crippen LogP contribution in [0.1, 0.15) is 30.2 Å². The lowest BCUT2D eigenvalue weighted by molar-refractivity contribution is -0.137. The summed E-state index contributed by atoms with van der Waals surface area (Å²) < 4.78 is 39.1. The number of aryl methyl sites for hydroxylation is 1. The smallest absolute Gasteiger partial charge is 0.367 e. The fourth-order valence-electron chi connectivity index (χ4n) is 2.13. The first-order valence-corrected chi connectivity index (χ1v) is 7.96. The highest BCUT2D eigenvalue weighted by Gasteiger charge is 2.33. The van der Waals surface area contributed by atoms with Crippen LogP contribution in [0, 0.1) is 18.8 Å². The third-order valence-electron chi connectivity index (χ3n) is 3.64. The van der Waals surface area contributed by atoms with Gasteiger partial charge in [-0.1, -0.05) is 23.4 Å². The van der Waals surface area contributed by atoms with Gasteiger partial charge >= 0.3 is 6.18 Å². The van der Waals surface area contributed by atoms with Crippen molar-refractivity contribution in [2.75, 3.05) is 5.32 Å². The molecule has 3 nitrogen and oxygen atoms in total. The quantitative estimate of drug-likeness (QED) is 0.671. The number of rotatable bonds is 3. The van der Waals surface area contributed by atoms with E-state index in [-0.39, 0.29) is 16.6 Å². The Kier molecular flexibility index (Phi) is 5.96. The third kappa shape index (κ3) is 5.14. The maximum atomic E-state index is 13.0. The van der Waals surface area contributed by atoms with Gasteiger partial charge in [-0.25, -0.2) is 9.97 Å². The van der Waals surface area contributed by atoms with Crippen molar-refractivity contribution in [2.24, 2.45) is 0 Å². The summed E-state index contributed by atoms with van der Waals surface area (Å²) in [5, 5.41) is 3.22. The number of benzene rings is 1. The second kappa shape index (κ2) is 7.79. The fraction of sp³-hybridized carbons (Fsp3) is 0.294. The molecule has 2 rings (SSSR count). The van der Waals surface area contributed by atoms with Crippen LogP contribution in [0.3, 0.4) is 0 Å². The lowest BCUT2D eigenvalue weighted by atomic mass is 9.95. The number of hydrogen-bond acceptors (Lipinski definition) is 3. The highest BCUT2D eigenvalue weighted by Crippen LogP contribution is 2.33. The summed E-state index contributed by atoms with van der Waals surface area (Å²) in [4.78, 5) is 8.26. The molecule has 0 bridgehead atoms. The molecular formula is C17H16BClF3N3. The van der Waals surface area contributed by atoms with Gasteiger partial charge in [-0.3, -0.25) is 0 Å². The molecule has 8 heteroatoms. The van der Waals surface area contributed by atoms with E-state index in [0.717, 1.165) is 17.2 Å². The van der Waals surface area contributed by atoms with Crippen LogP contribution >= 0.6 is 11.6 Å². The van der Waals surface area contributed by atoms with Crippen molar-refractivity contribution in [2.45, 2.75) is 32.5 Å². The van der Waals surface area contributed by atoms with Gasteiger partial charge in [0.05, 0.1) is 5.56 Å². The first-order valence-electron chi connectivity index (χ1n) is 7.59. The standard InChI is InChI=1S/C17H16BClF3N3/c1-10(25-16-15(18)11(2)23-9-24-16)4-3-5-12-6-7-13(19)8-14(12)17(20,21)22/h6-10H,4,18H2,1-2H3,(H,23,24,25). The Hall–Kier alpha value is -2.20. The van der Waals surface area contributed by atoms with Crippen LogP contribution in [0.5, 0.6) is 0 Å². The van der Waals surface area contributed by atoms with Crippen LogP contribution in [-0.4, -0.2) is 23.9 Å². The van der Waals surface area contributed by atoms with Crippen LogP contribution in [0.4, 0.5) is 19.0 Å². The molecule has 0 saturated heterocycles. The van der Waals surface area contributed by atoms with Crippen molar-refractivity contribution in [1.29, 1.82) is 0 Å². The van der Waals surface area contributed by atoms with E-state index in [1.165, 1.54) is 18.5 Å². The number of alkyl halides is 3. The molecule has 1 heterocycles. The van der Waals surface area contributed by atoms with Gasteiger partial charge in [0.2, 0.25) is 0 Å². The SMILES string of the molecule is Bc1c(C)ncnc1NC(C)CC#Cc1ccc(Cl)cc1C(F)(F)F. The van der Waals surface area contributed by atoms with E-state index >= 15 is 0 Å². The Balaban J connectivity index is 2.11. The summed E-state index contributed by atoms with van der Waals surface area (Å²) in [6, 6.07) is 3.49. The third-order valence-corrected chi connectivity index (χ3v) is 3.87.